The fraction of sp³-hybridized carbons (Fsp3) is 0.375. The lowest BCUT2D eigenvalue weighted by Crippen LogP contribution is -2.31. The van der Waals surface area contributed by atoms with Crippen LogP contribution < -0.4 is 10.6 Å². The molecule has 3 heterocycles. The van der Waals surface area contributed by atoms with Crippen molar-refractivity contribution in [3.8, 4) is 0 Å². The molecule has 0 bridgehead atoms. The van der Waals surface area contributed by atoms with E-state index in [9.17, 15) is 4.79 Å². The highest BCUT2D eigenvalue weighted by molar-refractivity contribution is 5.93. The van der Waals surface area contributed by atoms with Crippen LogP contribution in [0.25, 0.3) is 0 Å². The number of hydrogen-bond acceptors (Lipinski definition) is 6. The second-order valence-corrected chi connectivity index (χ2v) is 5.35. The largest absolute Gasteiger partial charge is 0.376 e. The third kappa shape index (κ3) is 4.46. The third-order valence-corrected chi connectivity index (χ3v) is 3.63. The van der Waals surface area contributed by atoms with Crippen molar-refractivity contribution in [1.82, 2.24) is 20.3 Å². The van der Waals surface area contributed by atoms with Crippen molar-refractivity contribution in [3.63, 3.8) is 0 Å². The first-order valence-corrected chi connectivity index (χ1v) is 7.66. The maximum absolute atomic E-state index is 12.0. The average Bonchev–Trinajstić information content (AvgIpc) is 3.13. The Balaban J connectivity index is 1.49. The minimum absolute atomic E-state index is 0.126. The summed E-state index contributed by atoms with van der Waals surface area (Å²) in [6.07, 6.45) is 8.69. The molecule has 0 radical (unpaired) electrons. The summed E-state index contributed by atoms with van der Waals surface area (Å²) < 4.78 is 5.47. The first-order valence-electron chi connectivity index (χ1n) is 7.66. The highest BCUT2D eigenvalue weighted by Gasteiger charge is 2.16. The molecule has 0 aromatic carbocycles. The molecular formula is C16H19N5O2. The number of hydrogen-bond donors (Lipinski definition) is 2. The molecule has 0 spiro atoms. The molecule has 1 aliphatic heterocycles. The summed E-state index contributed by atoms with van der Waals surface area (Å²) in [5, 5.41) is 5.95. The lowest BCUT2D eigenvalue weighted by Gasteiger charge is -2.10. The number of nitrogens with one attached hydrogen (secondary N) is 2. The number of nitrogens with zero attached hydrogens (tertiary/aromatic N) is 3. The van der Waals surface area contributed by atoms with Gasteiger partial charge in [-0.15, -0.1) is 0 Å². The Morgan fingerprint density at radius 2 is 2.04 bits per heavy atom. The second kappa shape index (κ2) is 7.64. The number of anilines is 1. The summed E-state index contributed by atoms with van der Waals surface area (Å²) in [7, 11) is 0. The van der Waals surface area contributed by atoms with E-state index in [0.717, 1.165) is 25.0 Å². The molecule has 7 nitrogen and oxygen atoms in total. The Hall–Kier alpha value is -2.54. The molecule has 1 atom stereocenters. The molecule has 3 rings (SSSR count). The normalized spacial score (nSPS) is 17.0. The second-order valence-electron chi connectivity index (χ2n) is 5.35. The molecule has 120 valence electrons. The number of ether oxygens (including phenoxy) is 1. The average molecular weight is 313 g/mol. The molecule has 23 heavy (non-hydrogen) atoms. The third-order valence-electron chi connectivity index (χ3n) is 3.63. The predicted octanol–water partition coefficient (Wildman–Crippen LogP) is 1.39. The first kappa shape index (κ1) is 15.4. The van der Waals surface area contributed by atoms with E-state index in [-0.39, 0.29) is 12.0 Å². The van der Waals surface area contributed by atoms with E-state index in [1.807, 2.05) is 12.1 Å². The van der Waals surface area contributed by atoms with E-state index in [4.69, 9.17) is 4.74 Å². The fourth-order valence-corrected chi connectivity index (χ4v) is 2.33. The van der Waals surface area contributed by atoms with E-state index in [1.165, 1.54) is 12.4 Å². The van der Waals surface area contributed by atoms with E-state index in [2.05, 4.69) is 25.6 Å². The zero-order chi connectivity index (χ0) is 15.9. The van der Waals surface area contributed by atoms with Crippen molar-refractivity contribution < 1.29 is 9.53 Å². The van der Waals surface area contributed by atoms with Crippen molar-refractivity contribution in [1.29, 1.82) is 0 Å². The summed E-state index contributed by atoms with van der Waals surface area (Å²) >= 11 is 0. The molecule has 0 saturated carbocycles. The van der Waals surface area contributed by atoms with Crippen molar-refractivity contribution in [3.05, 3.63) is 48.0 Å². The number of carbonyl (C=O) groups is 1. The number of pyridine rings is 1. The fourth-order valence-electron chi connectivity index (χ4n) is 2.33. The molecule has 2 aromatic heterocycles. The van der Waals surface area contributed by atoms with E-state index < -0.39 is 0 Å². The lowest BCUT2D eigenvalue weighted by atomic mass is 10.2. The molecule has 1 saturated heterocycles. The van der Waals surface area contributed by atoms with E-state index in [1.54, 1.807) is 12.4 Å². The van der Waals surface area contributed by atoms with Crippen LogP contribution in [0.2, 0.25) is 0 Å². The molecule has 7 heteroatoms. The summed E-state index contributed by atoms with van der Waals surface area (Å²) in [4.78, 5) is 24.3. The van der Waals surface area contributed by atoms with Gasteiger partial charge in [-0.25, -0.2) is 9.97 Å². The van der Waals surface area contributed by atoms with Crippen LogP contribution in [-0.2, 0) is 11.3 Å². The summed E-state index contributed by atoms with van der Waals surface area (Å²) in [6.45, 7) is 1.91. The van der Waals surface area contributed by atoms with Crippen LogP contribution in [0.15, 0.2) is 36.9 Å². The number of rotatable bonds is 6. The van der Waals surface area contributed by atoms with Gasteiger partial charge in [0.25, 0.3) is 5.91 Å². The van der Waals surface area contributed by atoms with Crippen molar-refractivity contribution in [2.24, 2.45) is 0 Å². The Morgan fingerprint density at radius 1 is 1.26 bits per heavy atom. The minimum Gasteiger partial charge on any atom is -0.376 e. The van der Waals surface area contributed by atoms with Gasteiger partial charge in [0.15, 0.2) is 0 Å². The van der Waals surface area contributed by atoms with Crippen LogP contribution in [0.3, 0.4) is 0 Å². The van der Waals surface area contributed by atoms with Gasteiger partial charge >= 0.3 is 0 Å². The summed E-state index contributed by atoms with van der Waals surface area (Å²) in [6, 6.07) is 3.83. The van der Waals surface area contributed by atoms with Crippen LogP contribution >= 0.6 is 0 Å². The minimum atomic E-state index is -0.179. The zero-order valence-electron chi connectivity index (χ0n) is 12.7. The van der Waals surface area contributed by atoms with Gasteiger partial charge in [0.05, 0.1) is 11.7 Å². The van der Waals surface area contributed by atoms with Crippen LogP contribution in [0.4, 0.5) is 5.95 Å². The molecule has 1 amide bonds. The summed E-state index contributed by atoms with van der Waals surface area (Å²) in [5.74, 6) is 0.304. The van der Waals surface area contributed by atoms with Crippen LogP contribution in [0.1, 0.15) is 28.8 Å². The highest BCUT2D eigenvalue weighted by Crippen LogP contribution is 2.11. The van der Waals surface area contributed by atoms with Crippen LogP contribution in [0, 0.1) is 0 Å². The number of carbonyl (C=O) groups excluding carboxylic acids is 1. The van der Waals surface area contributed by atoms with Gasteiger partial charge in [-0.2, -0.15) is 0 Å². The Morgan fingerprint density at radius 3 is 2.74 bits per heavy atom. The topological polar surface area (TPSA) is 89.0 Å². The number of amides is 1. The van der Waals surface area contributed by atoms with Gasteiger partial charge < -0.3 is 15.4 Å². The van der Waals surface area contributed by atoms with E-state index in [0.29, 0.717) is 24.6 Å². The predicted molar refractivity (Wildman–Crippen MR) is 84.9 cm³/mol. The van der Waals surface area contributed by atoms with Gasteiger partial charge in [0.1, 0.15) is 0 Å². The molecule has 0 aliphatic carbocycles. The van der Waals surface area contributed by atoms with Crippen LogP contribution in [-0.4, -0.2) is 40.1 Å². The van der Waals surface area contributed by atoms with Gasteiger partial charge in [-0.05, 0) is 30.5 Å². The molecule has 1 aliphatic rings. The van der Waals surface area contributed by atoms with Crippen molar-refractivity contribution >= 4 is 11.9 Å². The van der Waals surface area contributed by atoms with Gasteiger partial charge in [0, 0.05) is 44.5 Å². The quantitative estimate of drug-likeness (QED) is 0.838. The Bertz CT molecular complexity index is 627. The molecular weight excluding hydrogens is 294 g/mol. The molecule has 2 N–H and O–H groups in total. The maximum Gasteiger partial charge on any atom is 0.254 e. The van der Waals surface area contributed by atoms with Gasteiger partial charge in [0.2, 0.25) is 5.95 Å². The zero-order valence-corrected chi connectivity index (χ0v) is 12.7. The van der Waals surface area contributed by atoms with E-state index >= 15 is 0 Å². The van der Waals surface area contributed by atoms with Crippen LogP contribution in [0.5, 0.6) is 0 Å². The standard InChI is InChI=1S/C16H19N5O2/c22-15(18-11-14-2-1-7-23-14)13-9-20-16(21-10-13)19-8-12-3-5-17-6-4-12/h3-6,9-10,14H,1-2,7-8,11H2,(H,18,22)(H,19,20,21). The first-order chi connectivity index (χ1) is 11.3. The number of aromatic nitrogens is 3. The monoisotopic (exact) mass is 313 g/mol. The Labute approximate surface area is 134 Å². The Kier molecular flexibility index (Phi) is 5.10. The van der Waals surface area contributed by atoms with Gasteiger partial charge in [-0.1, -0.05) is 0 Å². The highest BCUT2D eigenvalue weighted by atomic mass is 16.5. The molecule has 2 aromatic rings. The lowest BCUT2D eigenvalue weighted by molar-refractivity contribution is 0.0857. The van der Waals surface area contributed by atoms with Gasteiger partial charge in [-0.3, -0.25) is 9.78 Å². The SMILES string of the molecule is O=C(NCC1CCCO1)c1cnc(NCc2ccncc2)nc1. The smallest absolute Gasteiger partial charge is 0.254 e. The van der Waals surface area contributed by atoms with Crippen molar-refractivity contribution in [2.45, 2.75) is 25.5 Å². The maximum atomic E-state index is 12.0. The van der Waals surface area contributed by atoms with Crippen molar-refractivity contribution in [2.75, 3.05) is 18.5 Å². The molecule has 1 fully saturated rings. The molecule has 1 unspecified atom stereocenters. The summed E-state index contributed by atoms with van der Waals surface area (Å²) in [5.41, 5.74) is 1.53.